The first-order valence-corrected chi connectivity index (χ1v) is 7.22. The fourth-order valence-corrected chi connectivity index (χ4v) is 2.15. The predicted octanol–water partition coefficient (Wildman–Crippen LogP) is 4.35. The summed E-state index contributed by atoms with van der Waals surface area (Å²) < 4.78 is 5.01. The molecule has 1 heterocycles. The highest BCUT2D eigenvalue weighted by Gasteiger charge is 1.96. The zero-order chi connectivity index (χ0) is 16.1. The maximum atomic E-state index is 5.61. The largest absolute Gasteiger partial charge is 0.443 e. The Balaban J connectivity index is 0.000000149. The normalized spacial score (nSPS) is 10.1. The van der Waals surface area contributed by atoms with E-state index in [1.165, 1.54) is 6.39 Å². The Morgan fingerprint density at radius 1 is 0.652 bits per heavy atom. The summed E-state index contributed by atoms with van der Waals surface area (Å²) in [5.74, 6) is 0. The van der Waals surface area contributed by atoms with Crippen LogP contribution in [0.4, 0.5) is 11.4 Å². The van der Waals surface area contributed by atoms with E-state index >= 15 is 0 Å². The van der Waals surface area contributed by atoms with Crippen LogP contribution in [0.3, 0.4) is 0 Å². The first-order valence-electron chi connectivity index (χ1n) is 7.22. The van der Waals surface area contributed by atoms with Crippen molar-refractivity contribution in [2.75, 3.05) is 11.5 Å². The van der Waals surface area contributed by atoms with E-state index in [9.17, 15) is 0 Å². The Labute approximate surface area is 134 Å². The van der Waals surface area contributed by atoms with Crippen molar-refractivity contribution in [3.63, 3.8) is 0 Å². The lowest BCUT2D eigenvalue weighted by Gasteiger charge is -2.02. The van der Waals surface area contributed by atoms with Gasteiger partial charge in [-0.25, -0.2) is 4.98 Å². The van der Waals surface area contributed by atoms with Crippen molar-refractivity contribution in [1.82, 2.24) is 4.98 Å². The van der Waals surface area contributed by atoms with Crippen LogP contribution in [0, 0.1) is 0 Å². The summed E-state index contributed by atoms with van der Waals surface area (Å²) >= 11 is 0. The molecule has 4 rings (SSSR count). The third kappa shape index (κ3) is 3.68. The molecule has 4 N–H and O–H groups in total. The lowest BCUT2D eigenvalue weighted by atomic mass is 10.1. The molecule has 0 atom stereocenters. The number of nitrogens with zero attached hydrogens (tertiary/aromatic N) is 1. The van der Waals surface area contributed by atoms with Gasteiger partial charge in [-0.1, -0.05) is 36.4 Å². The Morgan fingerprint density at radius 3 is 1.70 bits per heavy atom. The quantitative estimate of drug-likeness (QED) is 0.512. The molecule has 0 unspecified atom stereocenters. The standard InChI is InChI=1S/C12H12N2.C7H5NO/c13-11-5-1-9(2-6-11)10-3-7-12(14)8-4-10;1-2-4-7-6(3-1)8-5-9-7/h1-8H,13-14H2;1-5H. The third-order valence-electron chi connectivity index (χ3n) is 3.39. The van der Waals surface area contributed by atoms with Crippen molar-refractivity contribution in [3.8, 4) is 11.1 Å². The van der Waals surface area contributed by atoms with E-state index in [-0.39, 0.29) is 0 Å². The van der Waals surface area contributed by atoms with E-state index in [4.69, 9.17) is 15.9 Å². The minimum atomic E-state index is 0.782. The number of benzene rings is 3. The minimum absolute atomic E-state index is 0.782. The van der Waals surface area contributed by atoms with Crippen LogP contribution in [0.2, 0.25) is 0 Å². The summed E-state index contributed by atoms with van der Waals surface area (Å²) in [5, 5.41) is 0. The molecule has 4 aromatic rings. The van der Waals surface area contributed by atoms with E-state index in [2.05, 4.69) is 4.98 Å². The molecule has 0 saturated heterocycles. The van der Waals surface area contributed by atoms with Gasteiger partial charge in [0.1, 0.15) is 5.52 Å². The van der Waals surface area contributed by atoms with E-state index in [1.807, 2.05) is 72.8 Å². The molecule has 0 aliphatic carbocycles. The van der Waals surface area contributed by atoms with Crippen molar-refractivity contribution in [3.05, 3.63) is 79.2 Å². The maximum Gasteiger partial charge on any atom is 0.181 e. The van der Waals surface area contributed by atoms with Gasteiger partial charge in [-0.3, -0.25) is 0 Å². The fraction of sp³-hybridized carbons (Fsp3) is 0. The molecule has 0 radical (unpaired) electrons. The maximum absolute atomic E-state index is 5.61. The van der Waals surface area contributed by atoms with Crippen molar-refractivity contribution < 1.29 is 4.42 Å². The van der Waals surface area contributed by atoms with Gasteiger partial charge in [0.15, 0.2) is 12.0 Å². The Morgan fingerprint density at radius 2 is 1.17 bits per heavy atom. The average Bonchev–Trinajstić information content (AvgIpc) is 3.06. The number of fused-ring (bicyclic) bond motifs is 1. The van der Waals surface area contributed by atoms with Crippen LogP contribution in [0.5, 0.6) is 0 Å². The second-order valence-corrected chi connectivity index (χ2v) is 5.06. The molecule has 4 nitrogen and oxygen atoms in total. The highest BCUT2D eigenvalue weighted by molar-refractivity contribution is 5.71. The second kappa shape index (κ2) is 6.66. The van der Waals surface area contributed by atoms with Crippen LogP contribution < -0.4 is 11.5 Å². The minimum Gasteiger partial charge on any atom is -0.443 e. The topological polar surface area (TPSA) is 78.1 Å². The summed E-state index contributed by atoms with van der Waals surface area (Å²) in [6, 6.07) is 23.2. The van der Waals surface area contributed by atoms with E-state index in [0.717, 1.165) is 33.6 Å². The van der Waals surface area contributed by atoms with Crippen molar-refractivity contribution in [2.45, 2.75) is 0 Å². The van der Waals surface area contributed by atoms with Crippen LogP contribution >= 0.6 is 0 Å². The number of oxazole rings is 1. The van der Waals surface area contributed by atoms with E-state index in [0.29, 0.717) is 0 Å². The van der Waals surface area contributed by atoms with Gasteiger partial charge in [-0.2, -0.15) is 0 Å². The van der Waals surface area contributed by atoms with Gasteiger partial charge >= 0.3 is 0 Å². The molecule has 0 spiro atoms. The number of aromatic nitrogens is 1. The van der Waals surface area contributed by atoms with Crippen LogP contribution in [0.25, 0.3) is 22.2 Å². The molecule has 0 saturated carbocycles. The molecular weight excluding hydrogens is 286 g/mol. The number of nitrogens with two attached hydrogens (primary N) is 2. The molecule has 23 heavy (non-hydrogen) atoms. The van der Waals surface area contributed by atoms with E-state index in [1.54, 1.807) is 0 Å². The lowest BCUT2D eigenvalue weighted by molar-refractivity contribution is 0.602. The lowest BCUT2D eigenvalue weighted by Crippen LogP contribution is -1.85. The molecule has 114 valence electrons. The van der Waals surface area contributed by atoms with Gasteiger partial charge in [0, 0.05) is 11.4 Å². The highest BCUT2D eigenvalue weighted by Crippen LogP contribution is 2.21. The van der Waals surface area contributed by atoms with Crippen LogP contribution in [-0.2, 0) is 0 Å². The monoisotopic (exact) mass is 303 g/mol. The number of rotatable bonds is 1. The fourth-order valence-electron chi connectivity index (χ4n) is 2.15. The first-order chi connectivity index (χ1) is 11.2. The molecular formula is C19H17N3O. The molecule has 0 aliphatic rings. The van der Waals surface area contributed by atoms with Gasteiger partial charge in [-0.05, 0) is 47.5 Å². The molecule has 0 bridgehead atoms. The molecule has 3 aromatic carbocycles. The van der Waals surface area contributed by atoms with Gasteiger partial charge in [0.05, 0.1) is 0 Å². The summed E-state index contributed by atoms with van der Waals surface area (Å²) in [7, 11) is 0. The smallest absolute Gasteiger partial charge is 0.181 e. The number of hydrogen-bond donors (Lipinski definition) is 2. The molecule has 0 aliphatic heterocycles. The van der Waals surface area contributed by atoms with Crippen LogP contribution in [0.1, 0.15) is 0 Å². The van der Waals surface area contributed by atoms with Gasteiger partial charge in [0.25, 0.3) is 0 Å². The van der Waals surface area contributed by atoms with Gasteiger partial charge in [0.2, 0.25) is 0 Å². The van der Waals surface area contributed by atoms with Crippen LogP contribution in [-0.4, -0.2) is 4.98 Å². The number of nitrogen functional groups attached to an aromatic ring is 2. The Kier molecular flexibility index (Phi) is 4.25. The third-order valence-corrected chi connectivity index (χ3v) is 3.39. The summed E-state index contributed by atoms with van der Waals surface area (Å²) in [5.41, 5.74) is 16.8. The van der Waals surface area contributed by atoms with Gasteiger partial charge < -0.3 is 15.9 Å². The van der Waals surface area contributed by atoms with Gasteiger partial charge in [-0.15, -0.1) is 0 Å². The van der Waals surface area contributed by atoms with Crippen molar-refractivity contribution >= 4 is 22.5 Å². The van der Waals surface area contributed by atoms with Crippen LogP contribution in [0.15, 0.2) is 83.6 Å². The van der Waals surface area contributed by atoms with E-state index < -0.39 is 0 Å². The van der Waals surface area contributed by atoms with Crippen molar-refractivity contribution in [1.29, 1.82) is 0 Å². The number of para-hydroxylation sites is 2. The SMILES string of the molecule is Nc1ccc(-c2ccc(N)cc2)cc1.c1ccc2ocnc2c1. The highest BCUT2D eigenvalue weighted by atomic mass is 16.3. The average molecular weight is 303 g/mol. The second-order valence-electron chi connectivity index (χ2n) is 5.06. The zero-order valence-electron chi connectivity index (χ0n) is 12.5. The number of hydrogen-bond acceptors (Lipinski definition) is 4. The predicted molar refractivity (Wildman–Crippen MR) is 94.7 cm³/mol. The summed E-state index contributed by atoms with van der Waals surface area (Å²) in [6.45, 7) is 0. The summed E-state index contributed by atoms with van der Waals surface area (Å²) in [4.78, 5) is 3.95. The summed E-state index contributed by atoms with van der Waals surface area (Å²) in [6.07, 6.45) is 1.45. The molecule has 0 fully saturated rings. The Hall–Kier alpha value is -3.27. The number of anilines is 2. The zero-order valence-corrected chi connectivity index (χ0v) is 12.5. The first kappa shape index (κ1) is 14.7. The molecule has 1 aromatic heterocycles. The van der Waals surface area contributed by atoms with Crippen molar-refractivity contribution in [2.24, 2.45) is 0 Å². The molecule has 4 heteroatoms. The Bertz CT molecular complexity index is 807. The molecule has 0 amide bonds.